The number of alkyl halides is 2. The molecule has 6 atom stereocenters. The van der Waals surface area contributed by atoms with Crippen molar-refractivity contribution in [2.45, 2.75) is 89.7 Å². The van der Waals surface area contributed by atoms with Gasteiger partial charge in [-0.05, 0) is 30.4 Å². The first-order valence-corrected chi connectivity index (χ1v) is 14.6. The van der Waals surface area contributed by atoms with Gasteiger partial charge in [-0.3, -0.25) is 4.79 Å². The van der Waals surface area contributed by atoms with E-state index >= 15 is 8.78 Å². The summed E-state index contributed by atoms with van der Waals surface area (Å²) in [7, 11) is 1.48. The minimum absolute atomic E-state index is 0.00674. The van der Waals surface area contributed by atoms with Crippen LogP contribution in [0.1, 0.15) is 59.1 Å². The highest BCUT2D eigenvalue weighted by atomic mass is 19.3. The van der Waals surface area contributed by atoms with E-state index in [-0.39, 0.29) is 31.0 Å². The highest BCUT2D eigenvalue weighted by Gasteiger charge is 2.50. The lowest BCUT2D eigenvalue weighted by atomic mass is 9.85. The fourth-order valence-electron chi connectivity index (χ4n) is 5.75. The minimum atomic E-state index is -3.43. The molecule has 1 aliphatic carbocycles. The molecule has 0 spiro atoms. The summed E-state index contributed by atoms with van der Waals surface area (Å²) < 4.78 is 54.2. The van der Waals surface area contributed by atoms with Crippen molar-refractivity contribution in [1.29, 1.82) is 0 Å². The van der Waals surface area contributed by atoms with Gasteiger partial charge in [0.2, 0.25) is 11.8 Å². The molecular formula is C30H38F2N4O7. The number of aldehydes is 1. The Hall–Kier alpha value is -3.61. The Morgan fingerprint density at radius 2 is 1.91 bits per heavy atom. The fourth-order valence-corrected chi connectivity index (χ4v) is 5.75. The molecule has 1 saturated heterocycles. The van der Waals surface area contributed by atoms with Crippen LogP contribution in [-0.4, -0.2) is 83.8 Å². The van der Waals surface area contributed by atoms with Crippen molar-refractivity contribution in [1.82, 2.24) is 20.2 Å². The highest BCUT2D eigenvalue weighted by molar-refractivity contribution is 5.89. The summed E-state index contributed by atoms with van der Waals surface area (Å²) in [5, 5.41) is 2.69. The first-order valence-electron chi connectivity index (χ1n) is 14.6. The zero-order valence-corrected chi connectivity index (χ0v) is 25.0. The highest BCUT2D eigenvalue weighted by Crippen LogP contribution is 2.41. The van der Waals surface area contributed by atoms with Gasteiger partial charge in [0.25, 0.3) is 5.92 Å². The van der Waals surface area contributed by atoms with Crippen LogP contribution in [0.25, 0.3) is 11.0 Å². The number of fused-ring (bicyclic) bond motifs is 5. The van der Waals surface area contributed by atoms with Crippen molar-refractivity contribution in [3.63, 3.8) is 0 Å². The molecule has 13 heteroatoms. The van der Waals surface area contributed by atoms with Gasteiger partial charge in [-0.2, -0.15) is 8.78 Å². The van der Waals surface area contributed by atoms with Crippen LogP contribution in [0, 0.1) is 11.3 Å². The summed E-state index contributed by atoms with van der Waals surface area (Å²) in [6.07, 6.45) is -1.68. The van der Waals surface area contributed by atoms with Gasteiger partial charge in [-0.15, -0.1) is 0 Å². The fraction of sp³-hybridized carbons (Fsp3) is 0.633. The monoisotopic (exact) mass is 604 g/mol. The third-order valence-corrected chi connectivity index (χ3v) is 8.27. The zero-order chi connectivity index (χ0) is 31.1. The first-order chi connectivity index (χ1) is 20.4. The van der Waals surface area contributed by atoms with E-state index in [1.807, 2.05) is 6.92 Å². The lowest BCUT2D eigenvalue weighted by Crippen LogP contribution is -2.56. The number of nitrogens with one attached hydrogen (secondary N) is 1. The number of alkyl carbamates (subject to hydrolysis) is 1. The molecule has 43 heavy (non-hydrogen) atoms. The van der Waals surface area contributed by atoms with Gasteiger partial charge in [-0.25, -0.2) is 14.8 Å². The molecule has 3 heterocycles. The number of carbonyl (C=O) groups excluding carboxylic acids is 3. The molecule has 0 unspecified atom stereocenters. The van der Waals surface area contributed by atoms with Gasteiger partial charge < -0.3 is 34.0 Å². The second-order valence-electron chi connectivity index (χ2n) is 12.4. The largest absolute Gasteiger partial charge is 0.497 e. The van der Waals surface area contributed by atoms with E-state index < -0.39 is 71.8 Å². The van der Waals surface area contributed by atoms with Gasteiger partial charge in [0.1, 0.15) is 30.3 Å². The number of ether oxygens (including phenoxy) is 4. The van der Waals surface area contributed by atoms with Crippen LogP contribution in [-0.2, 0) is 25.0 Å². The minimum Gasteiger partial charge on any atom is -0.497 e. The Morgan fingerprint density at radius 1 is 1.14 bits per heavy atom. The van der Waals surface area contributed by atoms with Crippen LogP contribution in [0.15, 0.2) is 18.2 Å². The maximum absolute atomic E-state index is 15.8. The quantitative estimate of drug-likeness (QED) is 0.517. The summed E-state index contributed by atoms with van der Waals surface area (Å²) in [6, 6.07) is 2.78. The number of hydrogen-bond acceptors (Lipinski definition) is 9. The van der Waals surface area contributed by atoms with Crippen LogP contribution in [0.3, 0.4) is 0 Å². The average molecular weight is 605 g/mol. The molecule has 2 aromatic rings. The number of aromatic nitrogens is 2. The predicted octanol–water partition coefficient (Wildman–Crippen LogP) is 4.01. The summed E-state index contributed by atoms with van der Waals surface area (Å²) in [6.45, 7) is 7.14. The number of hydrogen-bond donors (Lipinski definition) is 1. The number of carbonyl (C=O) groups is 3. The van der Waals surface area contributed by atoms with E-state index in [9.17, 15) is 14.4 Å². The SMILES string of the molecule is CC[C@@H]1[C@@H]2CN(C(=O)[C@H](C(C)(C)C)NC(=O)O[C@@H]3C[C@H]3OCCCC(F)(F)c3nc4ccc(OC)cc4nc3O2)[C@@H]1C=O. The number of amides is 2. The molecule has 0 radical (unpaired) electrons. The first kappa shape index (κ1) is 30.8. The van der Waals surface area contributed by atoms with Gasteiger partial charge in [0, 0.05) is 31.4 Å². The van der Waals surface area contributed by atoms with Gasteiger partial charge in [0.15, 0.2) is 5.69 Å². The molecule has 2 aliphatic heterocycles. The van der Waals surface area contributed by atoms with E-state index in [2.05, 4.69) is 15.3 Å². The van der Waals surface area contributed by atoms with E-state index in [4.69, 9.17) is 18.9 Å². The van der Waals surface area contributed by atoms with Crippen molar-refractivity contribution in [3.05, 3.63) is 23.9 Å². The topological polar surface area (TPSA) is 129 Å². The van der Waals surface area contributed by atoms with Crippen molar-refractivity contribution in [3.8, 4) is 11.6 Å². The average Bonchev–Trinajstić information content (AvgIpc) is 3.59. The van der Waals surface area contributed by atoms with E-state index in [0.717, 1.165) is 0 Å². The molecule has 3 aliphatic rings. The van der Waals surface area contributed by atoms with Crippen LogP contribution in [0.5, 0.6) is 11.6 Å². The number of rotatable bonds is 3. The summed E-state index contributed by atoms with van der Waals surface area (Å²) >= 11 is 0. The van der Waals surface area contributed by atoms with Crippen molar-refractivity contribution < 1.29 is 42.1 Å². The lowest BCUT2D eigenvalue weighted by Gasteiger charge is -2.34. The molecule has 234 valence electrons. The van der Waals surface area contributed by atoms with E-state index in [1.54, 1.807) is 39.0 Å². The standard InChI is InChI=1S/C30H38F2N4O7/c1-6-17-20(15-37)36-14-23(17)42-26-24(33-18-9-8-16(40-5)12-19(18)34-26)30(31,32)10-7-11-41-21-13-22(21)43-28(39)35-25(27(36)38)29(2,3)4/h8-9,12,15,17,20-23,25H,6-7,10-11,13-14H2,1-5H3,(H,35,39)/t17-,20+,21+,22+,23-,25+/m0/s1. The third-order valence-electron chi connectivity index (χ3n) is 8.27. The number of halogens is 2. The van der Waals surface area contributed by atoms with E-state index in [1.165, 1.54) is 12.0 Å². The zero-order valence-electron chi connectivity index (χ0n) is 25.0. The van der Waals surface area contributed by atoms with E-state index in [0.29, 0.717) is 30.4 Å². The molecule has 5 rings (SSSR count). The second kappa shape index (κ2) is 11.8. The number of benzene rings is 1. The Labute approximate surface area is 248 Å². The van der Waals surface area contributed by atoms with Gasteiger partial charge >= 0.3 is 6.09 Å². The summed E-state index contributed by atoms with van der Waals surface area (Å²) in [5.41, 5.74) is -0.839. The molecule has 1 aromatic carbocycles. The van der Waals surface area contributed by atoms with Crippen molar-refractivity contribution in [2.24, 2.45) is 11.3 Å². The molecule has 2 bridgehead atoms. The summed E-state index contributed by atoms with van der Waals surface area (Å²) in [4.78, 5) is 49.2. The predicted molar refractivity (Wildman–Crippen MR) is 150 cm³/mol. The summed E-state index contributed by atoms with van der Waals surface area (Å²) in [5.74, 6) is -4.36. The molecule has 2 amide bonds. The van der Waals surface area contributed by atoms with Crippen LogP contribution in [0.4, 0.5) is 13.6 Å². The molecule has 1 saturated carbocycles. The van der Waals surface area contributed by atoms with Crippen LogP contribution in [0.2, 0.25) is 0 Å². The number of nitrogens with zero attached hydrogens (tertiary/aromatic N) is 3. The van der Waals surface area contributed by atoms with Crippen molar-refractivity contribution >= 4 is 29.3 Å². The number of methoxy groups -OCH3 is 1. The molecule has 1 N–H and O–H groups in total. The molecular weight excluding hydrogens is 566 g/mol. The van der Waals surface area contributed by atoms with Gasteiger partial charge in [-0.1, -0.05) is 27.7 Å². The smallest absolute Gasteiger partial charge is 0.408 e. The van der Waals surface area contributed by atoms with Crippen LogP contribution < -0.4 is 14.8 Å². The normalized spacial score (nSPS) is 29.7. The Kier molecular flexibility index (Phi) is 8.47. The molecule has 2 fully saturated rings. The third kappa shape index (κ3) is 6.36. The molecule has 1 aromatic heterocycles. The maximum Gasteiger partial charge on any atom is 0.408 e. The van der Waals surface area contributed by atoms with Gasteiger partial charge in [0.05, 0.1) is 36.8 Å². The molecule has 11 nitrogen and oxygen atoms in total. The Bertz CT molecular complexity index is 1380. The second-order valence-corrected chi connectivity index (χ2v) is 12.4. The maximum atomic E-state index is 15.8. The Morgan fingerprint density at radius 3 is 2.58 bits per heavy atom. The van der Waals surface area contributed by atoms with Crippen LogP contribution >= 0.6 is 0 Å². The lowest BCUT2D eigenvalue weighted by molar-refractivity contribution is -0.139. The Balaban J connectivity index is 1.57. The van der Waals surface area contributed by atoms with Crippen molar-refractivity contribution in [2.75, 3.05) is 20.3 Å².